The highest BCUT2D eigenvalue weighted by Crippen LogP contribution is 2.21. The molecule has 2 heterocycles. The summed E-state index contributed by atoms with van der Waals surface area (Å²) in [4.78, 5) is 19.9. The molecule has 0 bridgehead atoms. The minimum Gasteiger partial charge on any atom is -0.333 e. The molecule has 0 aromatic carbocycles. The summed E-state index contributed by atoms with van der Waals surface area (Å²) in [5, 5.41) is 1.91. The quantitative estimate of drug-likeness (QED) is 0.713. The molecular formula is C15H24N2O2. The first-order valence-corrected chi connectivity index (χ1v) is 7.19. The number of nitrogens with zero attached hydrogens (tertiary/aromatic N) is 2. The Balaban J connectivity index is 1.90. The van der Waals surface area contributed by atoms with Crippen LogP contribution in [-0.4, -0.2) is 47.7 Å². The summed E-state index contributed by atoms with van der Waals surface area (Å²) in [6.45, 7) is 8.30. The molecule has 0 radical (unpaired) electrons. The van der Waals surface area contributed by atoms with E-state index in [1.54, 1.807) is 0 Å². The van der Waals surface area contributed by atoms with Crippen LogP contribution in [0.1, 0.15) is 32.6 Å². The van der Waals surface area contributed by atoms with Crippen LogP contribution in [0.3, 0.4) is 0 Å². The van der Waals surface area contributed by atoms with E-state index in [0.717, 1.165) is 32.4 Å². The van der Waals surface area contributed by atoms with E-state index in [4.69, 9.17) is 4.84 Å². The Morgan fingerprint density at radius 2 is 2.42 bits per heavy atom. The van der Waals surface area contributed by atoms with Gasteiger partial charge in [0, 0.05) is 31.6 Å². The Bertz CT molecular complexity index is 348. The van der Waals surface area contributed by atoms with Crippen molar-refractivity contribution in [2.75, 3.05) is 19.7 Å². The number of amides is 1. The molecule has 1 fully saturated rings. The van der Waals surface area contributed by atoms with Gasteiger partial charge >= 0.3 is 0 Å². The molecule has 0 saturated carbocycles. The van der Waals surface area contributed by atoms with Gasteiger partial charge in [-0.1, -0.05) is 18.2 Å². The third-order valence-corrected chi connectivity index (χ3v) is 3.78. The molecule has 2 aliphatic heterocycles. The van der Waals surface area contributed by atoms with Gasteiger partial charge in [-0.2, -0.15) is 5.06 Å². The molecule has 4 heteroatoms. The smallest absolute Gasteiger partial charge is 0.224 e. The Labute approximate surface area is 115 Å². The molecule has 0 aromatic rings. The predicted molar refractivity (Wildman–Crippen MR) is 75.4 cm³/mol. The number of carbonyl (C=O) groups is 1. The SMILES string of the molecule is C=CC[C@@H]1CC=C[C@@H](C)N1C(=O)CCN1CCCO1. The van der Waals surface area contributed by atoms with Crippen molar-refractivity contribution in [2.24, 2.45) is 0 Å². The van der Waals surface area contributed by atoms with E-state index < -0.39 is 0 Å². The Morgan fingerprint density at radius 1 is 1.58 bits per heavy atom. The lowest BCUT2D eigenvalue weighted by atomic mass is 10.00. The molecule has 2 aliphatic rings. The molecule has 0 aliphatic carbocycles. The van der Waals surface area contributed by atoms with E-state index >= 15 is 0 Å². The molecule has 2 atom stereocenters. The van der Waals surface area contributed by atoms with E-state index in [1.165, 1.54) is 0 Å². The fraction of sp³-hybridized carbons (Fsp3) is 0.667. The van der Waals surface area contributed by atoms with Crippen LogP contribution in [0.4, 0.5) is 0 Å². The monoisotopic (exact) mass is 264 g/mol. The van der Waals surface area contributed by atoms with Gasteiger partial charge in [-0.15, -0.1) is 6.58 Å². The van der Waals surface area contributed by atoms with Crippen molar-refractivity contribution in [2.45, 2.75) is 44.7 Å². The molecule has 1 saturated heterocycles. The fourth-order valence-electron chi connectivity index (χ4n) is 2.83. The highest BCUT2D eigenvalue weighted by molar-refractivity contribution is 5.77. The minimum atomic E-state index is 0.186. The minimum absolute atomic E-state index is 0.186. The van der Waals surface area contributed by atoms with Crippen LogP contribution < -0.4 is 0 Å². The first-order valence-electron chi connectivity index (χ1n) is 7.19. The topological polar surface area (TPSA) is 32.8 Å². The lowest BCUT2D eigenvalue weighted by Gasteiger charge is -2.37. The van der Waals surface area contributed by atoms with Crippen LogP contribution in [0.5, 0.6) is 0 Å². The lowest BCUT2D eigenvalue weighted by Crippen LogP contribution is -2.47. The van der Waals surface area contributed by atoms with Crippen LogP contribution >= 0.6 is 0 Å². The molecule has 19 heavy (non-hydrogen) atoms. The van der Waals surface area contributed by atoms with Gasteiger partial charge in [-0.3, -0.25) is 9.63 Å². The summed E-state index contributed by atoms with van der Waals surface area (Å²) in [5.74, 6) is 0.221. The van der Waals surface area contributed by atoms with Gasteiger partial charge in [0.1, 0.15) is 0 Å². The van der Waals surface area contributed by atoms with E-state index in [0.29, 0.717) is 13.0 Å². The predicted octanol–water partition coefficient (Wildman–Crippen LogP) is 2.14. The second-order valence-electron chi connectivity index (χ2n) is 5.25. The van der Waals surface area contributed by atoms with E-state index in [1.807, 2.05) is 16.0 Å². The maximum Gasteiger partial charge on any atom is 0.224 e. The molecule has 0 spiro atoms. The molecule has 1 amide bonds. The maximum absolute atomic E-state index is 12.4. The summed E-state index contributed by atoms with van der Waals surface area (Å²) in [6, 6.07) is 0.454. The molecule has 0 unspecified atom stereocenters. The van der Waals surface area contributed by atoms with Crippen LogP contribution in [0.2, 0.25) is 0 Å². The van der Waals surface area contributed by atoms with Crippen LogP contribution in [0.25, 0.3) is 0 Å². The van der Waals surface area contributed by atoms with Crippen molar-refractivity contribution in [3.05, 3.63) is 24.8 Å². The third-order valence-electron chi connectivity index (χ3n) is 3.78. The zero-order valence-corrected chi connectivity index (χ0v) is 11.8. The normalized spacial score (nSPS) is 27.7. The third kappa shape index (κ3) is 3.67. The van der Waals surface area contributed by atoms with Gasteiger partial charge in [0.25, 0.3) is 0 Å². The van der Waals surface area contributed by atoms with Gasteiger partial charge in [-0.25, -0.2) is 0 Å². The summed E-state index contributed by atoms with van der Waals surface area (Å²) >= 11 is 0. The second-order valence-corrected chi connectivity index (χ2v) is 5.25. The Hall–Kier alpha value is -1.13. The molecule has 0 aromatic heterocycles. The maximum atomic E-state index is 12.4. The number of hydrogen-bond acceptors (Lipinski definition) is 3. The Kier molecular flexibility index (Phi) is 5.16. The molecule has 106 valence electrons. The summed E-state index contributed by atoms with van der Waals surface area (Å²) in [6.07, 6.45) is 9.58. The van der Waals surface area contributed by atoms with Crippen LogP contribution in [0, 0.1) is 0 Å². The average molecular weight is 264 g/mol. The number of hydrogen-bond donors (Lipinski definition) is 0. The largest absolute Gasteiger partial charge is 0.333 e. The number of hydroxylamine groups is 2. The molecule has 2 rings (SSSR count). The van der Waals surface area contributed by atoms with Crippen molar-refractivity contribution in [3.63, 3.8) is 0 Å². The summed E-state index contributed by atoms with van der Waals surface area (Å²) in [7, 11) is 0. The highest BCUT2D eigenvalue weighted by Gasteiger charge is 2.28. The molecule has 4 nitrogen and oxygen atoms in total. The van der Waals surface area contributed by atoms with Crippen LogP contribution in [0.15, 0.2) is 24.8 Å². The van der Waals surface area contributed by atoms with E-state index in [9.17, 15) is 4.79 Å². The lowest BCUT2D eigenvalue weighted by molar-refractivity contribution is -0.142. The zero-order valence-electron chi connectivity index (χ0n) is 11.8. The van der Waals surface area contributed by atoms with E-state index in [2.05, 4.69) is 25.7 Å². The van der Waals surface area contributed by atoms with Crippen molar-refractivity contribution in [1.29, 1.82) is 0 Å². The molecule has 0 N–H and O–H groups in total. The van der Waals surface area contributed by atoms with Gasteiger partial charge in [0.2, 0.25) is 5.91 Å². The zero-order chi connectivity index (χ0) is 13.7. The van der Waals surface area contributed by atoms with Gasteiger partial charge in [0.15, 0.2) is 0 Å². The van der Waals surface area contributed by atoms with Crippen molar-refractivity contribution in [1.82, 2.24) is 9.96 Å². The van der Waals surface area contributed by atoms with Gasteiger partial charge in [0.05, 0.1) is 6.61 Å². The van der Waals surface area contributed by atoms with Crippen LogP contribution in [-0.2, 0) is 9.63 Å². The summed E-state index contributed by atoms with van der Waals surface area (Å²) in [5.41, 5.74) is 0. The van der Waals surface area contributed by atoms with E-state index in [-0.39, 0.29) is 18.0 Å². The Morgan fingerprint density at radius 3 is 3.11 bits per heavy atom. The van der Waals surface area contributed by atoms with Crippen molar-refractivity contribution in [3.8, 4) is 0 Å². The highest BCUT2D eigenvalue weighted by atomic mass is 16.7. The average Bonchev–Trinajstić information content (AvgIpc) is 2.90. The second kappa shape index (κ2) is 6.87. The molecular weight excluding hydrogens is 240 g/mol. The number of rotatable bonds is 5. The first-order chi connectivity index (χ1) is 9.22. The van der Waals surface area contributed by atoms with Crippen molar-refractivity contribution >= 4 is 5.91 Å². The summed E-state index contributed by atoms with van der Waals surface area (Å²) < 4.78 is 0. The van der Waals surface area contributed by atoms with Crippen molar-refractivity contribution < 1.29 is 9.63 Å². The first kappa shape index (κ1) is 14.3. The van der Waals surface area contributed by atoms with Gasteiger partial charge in [-0.05, 0) is 26.2 Å². The van der Waals surface area contributed by atoms with Gasteiger partial charge < -0.3 is 4.90 Å². The standard InChI is InChI=1S/C15H24N2O2/c1-3-6-14-8-4-7-13(2)17(14)15(18)9-11-16-10-5-12-19-16/h3-4,7,13-14H,1,5-6,8-12H2,2H3/t13-,14-/m1/s1. The number of carbonyl (C=O) groups excluding carboxylic acids is 1. The fourth-order valence-corrected chi connectivity index (χ4v) is 2.83.